The summed E-state index contributed by atoms with van der Waals surface area (Å²) < 4.78 is 18.2. The van der Waals surface area contributed by atoms with Gasteiger partial charge in [-0.2, -0.15) is 0 Å². The van der Waals surface area contributed by atoms with Gasteiger partial charge in [-0.05, 0) is 36.6 Å². The number of amides is 1. The normalized spacial score (nSPS) is 19.0. The number of nitrogens with one attached hydrogen (secondary N) is 1. The van der Waals surface area contributed by atoms with E-state index in [9.17, 15) is 9.18 Å². The molecule has 4 nitrogen and oxygen atoms in total. The molecule has 1 amide bonds. The summed E-state index contributed by atoms with van der Waals surface area (Å²) in [5.41, 5.74) is 2.03. The largest absolute Gasteiger partial charge is 0.453 e. The second-order valence-electron chi connectivity index (χ2n) is 5.28. The van der Waals surface area contributed by atoms with Crippen molar-refractivity contribution in [1.82, 2.24) is 4.90 Å². The Morgan fingerprint density at radius 1 is 1.40 bits per heavy atom. The number of likely N-dealkylation sites (tertiary alicyclic amines) is 1. The Bertz CT molecular complexity index is 516. The van der Waals surface area contributed by atoms with Gasteiger partial charge >= 0.3 is 6.09 Å². The van der Waals surface area contributed by atoms with Gasteiger partial charge in [-0.1, -0.05) is 0 Å². The van der Waals surface area contributed by atoms with E-state index in [-0.39, 0.29) is 29.7 Å². The number of anilines is 1. The zero-order valence-corrected chi connectivity index (χ0v) is 12.1. The fourth-order valence-electron chi connectivity index (χ4n) is 3.16. The van der Waals surface area contributed by atoms with Crippen molar-refractivity contribution in [3.05, 3.63) is 29.6 Å². The molecule has 0 bridgehead atoms. The van der Waals surface area contributed by atoms with Crippen LogP contribution >= 0.6 is 12.4 Å². The molecule has 3 rings (SSSR count). The Kier molecular flexibility index (Phi) is 4.09. The van der Waals surface area contributed by atoms with E-state index in [0.29, 0.717) is 13.1 Å². The number of ether oxygens (including phenoxy) is 1. The third-order valence-corrected chi connectivity index (χ3v) is 4.32. The number of carbonyl (C=O) groups is 1. The van der Waals surface area contributed by atoms with Crippen LogP contribution in [0.4, 0.5) is 14.9 Å². The predicted molar refractivity (Wildman–Crippen MR) is 77.0 cm³/mol. The number of hydrogen-bond donors (Lipinski definition) is 1. The number of benzene rings is 1. The van der Waals surface area contributed by atoms with Crippen LogP contribution in [0.2, 0.25) is 0 Å². The number of nitrogens with zero attached hydrogens (tertiary/aromatic N) is 1. The topological polar surface area (TPSA) is 41.6 Å². The lowest BCUT2D eigenvalue weighted by Gasteiger charge is -2.38. The van der Waals surface area contributed by atoms with E-state index >= 15 is 0 Å². The second-order valence-corrected chi connectivity index (χ2v) is 5.28. The highest BCUT2D eigenvalue weighted by molar-refractivity contribution is 5.85. The summed E-state index contributed by atoms with van der Waals surface area (Å²) in [6.07, 6.45) is 1.40. The van der Waals surface area contributed by atoms with Crippen molar-refractivity contribution in [3.63, 3.8) is 0 Å². The van der Waals surface area contributed by atoms with Gasteiger partial charge in [0, 0.05) is 30.7 Å². The molecule has 0 atom stereocenters. The summed E-state index contributed by atoms with van der Waals surface area (Å²) in [7, 11) is 1.40. The van der Waals surface area contributed by atoms with Crippen LogP contribution in [0.25, 0.3) is 0 Å². The molecule has 1 aromatic rings. The molecule has 0 unspecified atom stereocenters. The predicted octanol–water partition coefficient (Wildman–Crippen LogP) is 2.77. The summed E-state index contributed by atoms with van der Waals surface area (Å²) in [6, 6.07) is 4.91. The van der Waals surface area contributed by atoms with Gasteiger partial charge in [0.15, 0.2) is 0 Å². The fourth-order valence-corrected chi connectivity index (χ4v) is 3.16. The van der Waals surface area contributed by atoms with Crippen molar-refractivity contribution in [3.8, 4) is 0 Å². The highest BCUT2D eigenvalue weighted by Crippen LogP contribution is 2.44. The number of methoxy groups -OCH3 is 1. The van der Waals surface area contributed by atoms with Crippen LogP contribution in [0.15, 0.2) is 18.2 Å². The molecular formula is C14H18ClFN2O2. The lowest BCUT2D eigenvalue weighted by atomic mass is 9.74. The van der Waals surface area contributed by atoms with Gasteiger partial charge < -0.3 is 15.0 Å². The molecule has 6 heteroatoms. The van der Waals surface area contributed by atoms with Crippen LogP contribution in [0.1, 0.15) is 18.4 Å². The van der Waals surface area contributed by atoms with Crippen LogP contribution in [0.5, 0.6) is 0 Å². The number of halogens is 2. The molecule has 0 aliphatic carbocycles. The maximum Gasteiger partial charge on any atom is 0.409 e. The molecule has 20 heavy (non-hydrogen) atoms. The first-order valence-corrected chi connectivity index (χ1v) is 6.51. The maximum atomic E-state index is 13.4. The van der Waals surface area contributed by atoms with Crippen molar-refractivity contribution in [2.75, 3.05) is 32.1 Å². The van der Waals surface area contributed by atoms with Gasteiger partial charge in [-0.15, -0.1) is 12.4 Å². The number of fused-ring (bicyclic) bond motifs is 2. The van der Waals surface area contributed by atoms with Crippen molar-refractivity contribution >= 4 is 24.2 Å². The number of rotatable bonds is 0. The Morgan fingerprint density at radius 2 is 2.10 bits per heavy atom. The van der Waals surface area contributed by atoms with E-state index in [1.54, 1.807) is 17.0 Å². The van der Waals surface area contributed by atoms with E-state index in [0.717, 1.165) is 30.6 Å². The zero-order valence-electron chi connectivity index (χ0n) is 11.3. The van der Waals surface area contributed by atoms with Gasteiger partial charge in [0.2, 0.25) is 0 Å². The minimum atomic E-state index is -0.278. The van der Waals surface area contributed by atoms with Crippen molar-refractivity contribution in [2.24, 2.45) is 0 Å². The Balaban J connectivity index is 0.00000147. The molecule has 110 valence electrons. The highest BCUT2D eigenvalue weighted by atomic mass is 35.5. The molecule has 2 aliphatic rings. The van der Waals surface area contributed by atoms with Crippen LogP contribution in [0, 0.1) is 5.82 Å². The van der Waals surface area contributed by atoms with Gasteiger partial charge in [0.05, 0.1) is 7.11 Å². The summed E-state index contributed by atoms with van der Waals surface area (Å²) >= 11 is 0. The summed E-state index contributed by atoms with van der Waals surface area (Å²) in [6.45, 7) is 2.13. The minimum Gasteiger partial charge on any atom is -0.453 e. The second kappa shape index (κ2) is 5.48. The lowest BCUT2D eigenvalue weighted by Crippen LogP contribution is -2.46. The first-order valence-electron chi connectivity index (χ1n) is 6.51. The van der Waals surface area contributed by atoms with Gasteiger partial charge in [-0.3, -0.25) is 0 Å². The summed E-state index contributed by atoms with van der Waals surface area (Å²) in [5.74, 6) is -0.197. The molecule has 1 N–H and O–H groups in total. The zero-order chi connectivity index (χ0) is 13.5. The molecule has 2 heterocycles. The van der Waals surface area contributed by atoms with Crippen LogP contribution < -0.4 is 5.32 Å². The van der Waals surface area contributed by atoms with E-state index in [1.165, 1.54) is 13.2 Å². The third kappa shape index (κ3) is 2.30. The Morgan fingerprint density at radius 3 is 2.75 bits per heavy atom. The molecule has 0 radical (unpaired) electrons. The number of carbonyl (C=O) groups excluding carboxylic acids is 1. The van der Waals surface area contributed by atoms with Crippen LogP contribution in [-0.4, -0.2) is 37.7 Å². The number of hydrogen-bond acceptors (Lipinski definition) is 3. The monoisotopic (exact) mass is 300 g/mol. The van der Waals surface area contributed by atoms with Gasteiger partial charge in [0.25, 0.3) is 0 Å². The molecule has 0 aromatic heterocycles. The van der Waals surface area contributed by atoms with E-state index < -0.39 is 0 Å². The van der Waals surface area contributed by atoms with Crippen LogP contribution in [0.3, 0.4) is 0 Å². The lowest BCUT2D eigenvalue weighted by molar-refractivity contribution is 0.102. The molecular weight excluding hydrogens is 283 g/mol. The quantitative estimate of drug-likeness (QED) is 0.801. The minimum absolute atomic E-state index is 0. The smallest absolute Gasteiger partial charge is 0.409 e. The molecule has 0 saturated carbocycles. The Hall–Kier alpha value is -1.49. The molecule has 2 aliphatic heterocycles. The first kappa shape index (κ1) is 14.9. The molecule has 1 spiro atoms. The van der Waals surface area contributed by atoms with Crippen molar-refractivity contribution in [1.29, 1.82) is 0 Å². The van der Waals surface area contributed by atoms with Gasteiger partial charge in [0.1, 0.15) is 5.82 Å². The van der Waals surface area contributed by atoms with E-state index in [1.807, 2.05) is 0 Å². The first-order chi connectivity index (χ1) is 9.14. The molecule has 1 aromatic carbocycles. The Labute approximate surface area is 123 Å². The van der Waals surface area contributed by atoms with E-state index in [4.69, 9.17) is 4.74 Å². The standard InChI is InChI=1S/C14H17FN2O2.ClH/c1-19-13(18)17-6-4-14(5-7-17)9-16-12-3-2-10(15)8-11(12)14;/h2-3,8,16H,4-7,9H2,1H3;1H. The average Bonchev–Trinajstić information content (AvgIpc) is 2.77. The number of piperidine rings is 1. The highest BCUT2D eigenvalue weighted by Gasteiger charge is 2.42. The summed E-state index contributed by atoms with van der Waals surface area (Å²) in [5, 5.41) is 3.34. The fraction of sp³-hybridized carbons (Fsp3) is 0.500. The SMILES string of the molecule is COC(=O)N1CCC2(CC1)CNc1ccc(F)cc12.Cl. The van der Waals surface area contributed by atoms with Crippen molar-refractivity contribution < 1.29 is 13.9 Å². The van der Waals surface area contributed by atoms with E-state index in [2.05, 4.69) is 5.32 Å². The van der Waals surface area contributed by atoms with Gasteiger partial charge in [-0.25, -0.2) is 9.18 Å². The third-order valence-electron chi connectivity index (χ3n) is 4.32. The maximum absolute atomic E-state index is 13.4. The van der Waals surface area contributed by atoms with Crippen LogP contribution in [-0.2, 0) is 10.2 Å². The molecule has 1 saturated heterocycles. The average molecular weight is 301 g/mol. The van der Waals surface area contributed by atoms with Crippen molar-refractivity contribution in [2.45, 2.75) is 18.3 Å². The summed E-state index contributed by atoms with van der Waals surface area (Å²) in [4.78, 5) is 13.2. The molecule has 1 fully saturated rings.